The summed E-state index contributed by atoms with van der Waals surface area (Å²) < 4.78 is 33.8. The Balaban J connectivity index is 0.00000364. The molecule has 0 radical (unpaired) electrons. The third kappa shape index (κ3) is 5.58. The lowest BCUT2D eigenvalue weighted by Gasteiger charge is -2.23. The molecule has 0 saturated carbocycles. The summed E-state index contributed by atoms with van der Waals surface area (Å²) in [7, 11) is -1.26. The predicted octanol–water partition coefficient (Wildman–Crippen LogP) is -2.15. The Morgan fingerprint density at radius 3 is 2.70 bits per heavy atom. The maximum atomic E-state index is 12.7. The highest BCUT2D eigenvalue weighted by atomic mass is 35.5. The number of ether oxygens (including phenoxy) is 2. The van der Waals surface area contributed by atoms with Crippen LogP contribution in [0.2, 0.25) is 0 Å². The lowest BCUT2D eigenvalue weighted by Crippen LogP contribution is -3.00. The van der Waals surface area contributed by atoms with Crippen LogP contribution >= 0.6 is 0 Å². The summed E-state index contributed by atoms with van der Waals surface area (Å²) in [5.74, 6) is -0.166. The highest BCUT2D eigenvalue weighted by molar-refractivity contribution is 7.89. The van der Waals surface area contributed by atoms with Gasteiger partial charge in [0.1, 0.15) is 0 Å². The number of nitrogens with one attached hydrogen (secondary N) is 1. The quantitative estimate of drug-likeness (QED) is 0.465. The standard InChI is InChI=1S/C17H25N3O5S.ClH/c1-4-7-20-8-5-6-12(20)11-19-17(21)14-9-13(26(18,22)23)10-15(24-2)16(14)25-3;/h4,9-10,12H,1,5-8,11H2,2-3H3,(H,19,21)(H2,18,22,23);1H. The molecule has 27 heavy (non-hydrogen) atoms. The van der Waals surface area contributed by atoms with Crippen molar-refractivity contribution >= 4 is 15.9 Å². The van der Waals surface area contributed by atoms with Gasteiger partial charge < -0.3 is 27.2 Å². The minimum atomic E-state index is -4.00. The van der Waals surface area contributed by atoms with Crippen molar-refractivity contribution in [1.82, 2.24) is 10.2 Å². The summed E-state index contributed by atoms with van der Waals surface area (Å²) in [6.45, 7) is 5.92. The van der Waals surface area contributed by atoms with E-state index in [0.29, 0.717) is 6.54 Å². The van der Waals surface area contributed by atoms with E-state index >= 15 is 0 Å². The van der Waals surface area contributed by atoms with E-state index in [-0.39, 0.29) is 41.8 Å². The Kier molecular flexibility index (Phi) is 8.55. The number of methoxy groups -OCH3 is 2. The van der Waals surface area contributed by atoms with Gasteiger partial charge in [-0.1, -0.05) is 6.08 Å². The van der Waals surface area contributed by atoms with Gasteiger partial charge in [-0.25, -0.2) is 13.6 Å². The van der Waals surface area contributed by atoms with Crippen molar-refractivity contribution in [2.24, 2.45) is 5.14 Å². The van der Waals surface area contributed by atoms with E-state index < -0.39 is 15.9 Å². The number of sulfonamides is 1. The molecule has 10 heteroatoms. The van der Waals surface area contributed by atoms with E-state index in [1.807, 2.05) is 6.08 Å². The molecule has 1 aliphatic rings. The molecule has 1 unspecified atom stereocenters. The minimum Gasteiger partial charge on any atom is -1.00 e. The fourth-order valence-electron chi connectivity index (χ4n) is 3.11. The summed E-state index contributed by atoms with van der Waals surface area (Å²) in [5, 5.41) is 8.04. The number of hydrogen-bond acceptors (Lipinski definition) is 6. The average molecular weight is 420 g/mol. The number of nitrogens with two attached hydrogens (primary N) is 1. The zero-order valence-electron chi connectivity index (χ0n) is 16.4. The minimum absolute atomic E-state index is 0. The fourth-order valence-corrected chi connectivity index (χ4v) is 3.66. The van der Waals surface area contributed by atoms with Crippen LogP contribution in [0.15, 0.2) is 29.7 Å². The monoisotopic (exact) mass is 419 g/mol. The Morgan fingerprint density at radius 1 is 1.44 bits per heavy atom. The summed E-state index contributed by atoms with van der Waals surface area (Å²) in [5.41, 5.74) is 0.0594. The maximum absolute atomic E-state index is 12.7. The largest absolute Gasteiger partial charge is 1.00 e. The van der Waals surface area contributed by atoms with E-state index in [2.05, 4.69) is 16.8 Å². The van der Waals surface area contributed by atoms with Crippen LogP contribution in [0.3, 0.4) is 0 Å². The van der Waals surface area contributed by atoms with Crippen LogP contribution in [-0.4, -0.2) is 59.1 Å². The van der Waals surface area contributed by atoms with Crippen LogP contribution in [-0.2, 0) is 10.0 Å². The first-order chi connectivity index (χ1) is 12.3. The van der Waals surface area contributed by atoms with Crippen molar-refractivity contribution in [2.45, 2.75) is 23.8 Å². The Bertz CT molecular complexity index is 791. The second-order valence-corrected chi connectivity index (χ2v) is 7.60. The Morgan fingerprint density at radius 2 is 2.15 bits per heavy atom. The van der Waals surface area contributed by atoms with Crippen molar-refractivity contribution in [1.29, 1.82) is 0 Å². The molecule has 0 aromatic heterocycles. The number of amides is 1. The Labute approximate surface area is 167 Å². The molecule has 1 aliphatic heterocycles. The first-order valence-electron chi connectivity index (χ1n) is 8.23. The highest BCUT2D eigenvalue weighted by Gasteiger charge is 2.26. The molecule has 1 heterocycles. The molecule has 8 nitrogen and oxygen atoms in total. The van der Waals surface area contributed by atoms with Crippen molar-refractivity contribution in [3.8, 4) is 11.5 Å². The molecule has 1 aromatic rings. The van der Waals surface area contributed by atoms with Crippen LogP contribution in [0.25, 0.3) is 0 Å². The number of benzene rings is 1. The first-order valence-corrected chi connectivity index (χ1v) is 9.78. The fraction of sp³-hybridized carbons (Fsp3) is 0.471. The van der Waals surface area contributed by atoms with Crippen LogP contribution < -0.4 is 32.3 Å². The molecule has 3 N–H and O–H groups in total. The molecular weight excluding hydrogens is 394 g/mol. The van der Waals surface area contributed by atoms with Gasteiger partial charge in [-0.2, -0.15) is 0 Å². The summed E-state index contributed by atoms with van der Waals surface area (Å²) >= 11 is 0. The number of carbonyl (C=O) groups excluding carboxylic acids is 1. The maximum Gasteiger partial charge on any atom is 1.00 e. The van der Waals surface area contributed by atoms with E-state index in [9.17, 15) is 13.2 Å². The number of likely N-dealkylation sites (tertiary alicyclic amines) is 1. The summed E-state index contributed by atoms with van der Waals surface area (Å²) in [4.78, 5) is 14.7. The lowest BCUT2D eigenvalue weighted by atomic mass is 10.1. The third-order valence-corrected chi connectivity index (χ3v) is 5.28. The van der Waals surface area contributed by atoms with E-state index in [1.54, 1.807) is 0 Å². The zero-order valence-corrected chi connectivity index (χ0v) is 17.0. The van der Waals surface area contributed by atoms with Crippen molar-refractivity contribution in [3.05, 3.63) is 30.4 Å². The molecule has 1 atom stereocenters. The van der Waals surface area contributed by atoms with Gasteiger partial charge in [-0.3, -0.25) is 9.69 Å². The first kappa shape index (κ1) is 23.2. The number of hydrogen-bond donors (Lipinski definition) is 2. The number of carbonyl (C=O) groups is 1. The highest BCUT2D eigenvalue weighted by Crippen LogP contribution is 2.34. The number of primary sulfonamides is 1. The second-order valence-electron chi connectivity index (χ2n) is 6.04. The number of nitrogens with zero attached hydrogens (tertiary/aromatic N) is 1. The van der Waals surface area contributed by atoms with E-state index in [4.69, 9.17) is 14.6 Å². The van der Waals surface area contributed by atoms with Gasteiger partial charge in [0, 0.05) is 25.2 Å². The lowest BCUT2D eigenvalue weighted by molar-refractivity contribution is -0.0000169. The van der Waals surface area contributed by atoms with Crippen molar-refractivity contribution in [2.75, 3.05) is 33.9 Å². The second kappa shape index (κ2) is 9.93. The molecule has 1 aromatic carbocycles. The summed E-state index contributed by atoms with van der Waals surface area (Å²) in [6.07, 6.45) is 3.88. The smallest absolute Gasteiger partial charge is 1.00 e. The Hall–Kier alpha value is -1.81. The van der Waals surface area contributed by atoms with Crippen LogP contribution in [0, 0.1) is 0 Å². The molecule has 1 fully saturated rings. The van der Waals surface area contributed by atoms with Gasteiger partial charge in [0.05, 0.1) is 24.7 Å². The van der Waals surface area contributed by atoms with Gasteiger partial charge in [0.2, 0.25) is 10.0 Å². The number of halogens is 1. The van der Waals surface area contributed by atoms with Gasteiger partial charge in [-0.15, -0.1) is 6.58 Å². The van der Waals surface area contributed by atoms with Crippen molar-refractivity contribution < 1.29 is 36.5 Å². The molecule has 1 saturated heterocycles. The third-order valence-electron chi connectivity index (χ3n) is 4.39. The molecule has 0 spiro atoms. The molecule has 152 valence electrons. The van der Waals surface area contributed by atoms with Crippen LogP contribution in [0.5, 0.6) is 11.5 Å². The average Bonchev–Trinajstić information content (AvgIpc) is 3.05. The van der Waals surface area contributed by atoms with E-state index in [1.165, 1.54) is 26.4 Å². The van der Waals surface area contributed by atoms with Crippen LogP contribution in [0.1, 0.15) is 24.6 Å². The topological polar surface area (TPSA) is 111 Å². The van der Waals surface area contributed by atoms with Gasteiger partial charge >= 0.3 is 1.43 Å². The summed E-state index contributed by atoms with van der Waals surface area (Å²) in [6, 6.07) is 2.64. The zero-order chi connectivity index (χ0) is 19.3. The molecule has 0 aliphatic carbocycles. The van der Waals surface area contributed by atoms with E-state index in [0.717, 1.165) is 25.9 Å². The molecular formula is C17H26ClN3O5S. The van der Waals surface area contributed by atoms with Crippen molar-refractivity contribution in [3.63, 3.8) is 0 Å². The normalized spacial score (nSPS) is 17.1. The molecule has 2 rings (SSSR count). The van der Waals surface area contributed by atoms with Crippen LogP contribution in [0.4, 0.5) is 0 Å². The SMILES string of the molecule is C=CCN1CCCC1CNC(=O)c1cc(S(N)(=O)=O)cc(OC)c1OC.[Cl-].[H+]. The van der Waals surface area contributed by atoms with Gasteiger partial charge in [0.25, 0.3) is 5.91 Å². The van der Waals surface area contributed by atoms with Gasteiger partial charge in [0.15, 0.2) is 11.5 Å². The molecule has 0 bridgehead atoms. The number of rotatable bonds is 8. The predicted molar refractivity (Wildman–Crippen MR) is 99.2 cm³/mol. The molecule has 1 amide bonds. The van der Waals surface area contributed by atoms with Gasteiger partial charge in [-0.05, 0) is 25.5 Å².